The number of hydrogen-bond acceptors (Lipinski definition) is 3. The molecular formula is C14H14FN3O. The van der Waals surface area contributed by atoms with Gasteiger partial charge in [-0.1, -0.05) is 12.1 Å². The van der Waals surface area contributed by atoms with Crippen LogP contribution in [0, 0.1) is 5.82 Å². The molecule has 1 amide bonds. The van der Waals surface area contributed by atoms with Crippen LogP contribution in [0.15, 0.2) is 42.5 Å². The van der Waals surface area contributed by atoms with Crippen LogP contribution in [0.1, 0.15) is 17.4 Å². The van der Waals surface area contributed by atoms with Crippen molar-refractivity contribution in [2.24, 2.45) is 0 Å². The number of carbonyl (C=O) groups is 1. The van der Waals surface area contributed by atoms with E-state index in [9.17, 15) is 9.18 Å². The van der Waals surface area contributed by atoms with Crippen molar-refractivity contribution in [2.45, 2.75) is 6.92 Å². The molecule has 0 saturated carbocycles. The summed E-state index contributed by atoms with van der Waals surface area (Å²) in [6.07, 6.45) is 0. The molecule has 2 N–H and O–H groups in total. The molecule has 0 aliphatic heterocycles. The first-order valence-electron chi connectivity index (χ1n) is 5.97. The molecule has 0 radical (unpaired) electrons. The third-order valence-electron chi connectivity index (χ3n) is 2.42. The van der Waals surface area contributed by atoms with Crippen molar-refractivity contribution in [1.29, 1.82) is 0 Å². The molecule has 5 heteroatoms. The SMILES string of the molecule is CCNc1cccc(C(=O)Nc2cccc(F)c2)n1. The lowest BCUT2D eigenvalue weighted by Gasteiger charge is -2.07. The molecule has 19 heavy (non-hydrogen) atoms. The number of nitrogens with zero attached hydrogens (tertiary/aromatic N) is 1. The lowest BCUT2D eigenvalue weighted by atomic mass is 10.3. The van der Waals surface area contributed by atoms with Gasteiger partial charge in [-0.2, -0.15) is 0 Å². The minimum atomic E-state index is -0.396. The van der Waals surface area contributed by atoms with Gasteiger partial charge in [-0.15, -0.1) is 0 Å². The van der Waals surface area contributed by atoms with E-state index in [2.05, 4.69) is 15.6 Å². The van der Waals surface area contributed by atoms with Gasteiger partial charge in [0.2, 0.25) is 0 Å². The first-order valence-corrected chi connectivity index (χ1v) is 5.97. The Morgan fingerprint density at radius 2 is 2.05 bits per heavy atom. The van der Waals surface area contributed by atoms with Crippen LogP contribution in [0.25, 0.3) is 0 Å². The van der Waals surface area contributed by atoms with Crippen molar-refractivity contribution in [2.75, 3.05) is 17.2 Å². The van der Waals surface area contributed by atoms with Gasteiger partial charge >= 0.3 is 0 Å². The van der Waals surface area contributed by atoms with Crippen molar-refractivity contribution in [1.82, 2.24) is 4.98 Å². The molecule has 1 aromatic carbocycles. The summed E-state index contributed by atoms with van der Waals surface area (Å²) in [5, 5.41) is 5.62. The van der Waals surface area contributed by atoms with Crippen molar-refractivity contribution >= 4 is 17.4 Å². The fourth-order valence-electron chi connectivity index (χ4n) is 1.60. The zero-order valence-electron chi connectivity index (χ0n) is 10.5. The number of carbonyl (C=O) groups excluding carboxylic acids is 1. The topological polar surface area (TPSA) is 54.0 Å². The molecule has 0 bridgehead atoms. The summed E-state index contributed by atoms with van der Waals surface area (Å²) in [4.78, 5) is 16.1. The maximum atomic E-state index is 13.0. The molecule has 0 saturated heterocycles. The van der Waals surface area contributed by atoms with E-state index >= 15 is 0 Å². The monoisotopic (exact) mass is 259 g/mol. The van der Waals surface area contributed by atoms with Crippen LogP contribution in [0.4, 0.5) is 15.9 Å². The second kappa shape index (κ2) is 5.95. The summed E-state index contributed by atoms with van der Waals surface area (Å²) in [6, 6.07) is 10.9. The second-order valence-corrected chi connectivity index (χ2v) is 3.90. The zero-order chi connectivity index (χ0) is 13.7. The summed E-state index contributed by atoms with van der Waals surface area (Å²) < 4.78 is 13.0. The number of rotatable bonds is 4. The fraction of sp³-hybridized carbons (Fsp3) is 0.143. The highest BCUT2D eigenvalue weighted by molar-refractivity contribution is 6.03. The smallest absolute Gasteiger partial charge is 0.274 e. The third-order valence-corrected chi connectivity index (χ3v) is 2.42. The molecule has 0 fully saturated rings. The van der Waals surface area contributed by atoms with Crippen LogP contribution in [0.2, 0.25) is 0 Å². The number of aromatic nitrogens is 1. The molecule has 0 atom stereocenters. The maximum absolute atomic E-state index is 13.0. The van der Waals surface area contributed by atoms with Crippen LogP contribution in [-0.4, -0.2) is 17.4 Å². The summed E-state index contributed by atoms with van der Waals surface area (Å²) in [5.41, 5.74) is 0.684. The Balaban J connectivity index is 2.13. The van der Waals surface area contributed by atoms with Crippen LogP contribution in [0.3, 0.4) is 0 Å². The van der Waals surface area contributed by atoms with Crippen molar-refractivity contribution < 1.29 is 9.18 Å². The minimum Gasteiger partial charge on any atom is -0.370 e. The maximum Gasteiger partial charge on any atom is 0.274 e. The molecular weight excluding hydrogens is 245 g/mol. The number of nitrogens with one attached hydrogen (secondary N) is 2. The molecule has 2 rings (SSSR count). The van der Waals surface area contributed by atoms with Crippen molar-refractivity contribution in [3.63, 3.8) is 0 Å². The van der Waals surface area contributed by atoms with E-state index in [-0.39, 0.29) is 11.6 Å². The zero-order valence-corrected chi connectivity index (χ0v) is 10.5. The molecule has 98 valence electrons. The van der Waals surface area contributed by atoms with Gasteiger partial charge in [0.1, 0.15) is 17.3 Å². The largest absolute Gasteiger partial charge is 0.370 e. The Morgan fingerprint density at radius 1 is 1.26 bits per heavy atom. The van der Waals surface area contributed by atoms with E-state index < -0.39 is 5.82 Å². The molecule has 0 aliphatic rings. The number of amides is 1. The van der Waals surface area contributed by atoms with E-state index in [1.165, 1.54) is 18.2 Å². The fourth-order valence-corrected chi connectivity index (χ4v) is 1.60. The molecule has 0 unspecified atom stereocenters. The van der Waals surface area contributed by atoms with Gasteiger partial charge in [-0.25, -0.2) is 9.37 Å². The minimum absolute atomic E-state index is 0.280. The quantitative estimate of drug-likeness (QED) is 0.887. The summed E-state index contributed by atoms with van der Waals surface area (Å²) in [5.74, 6) is -0.132. The van der Waals surface area contributed by atoms with Gasteiger partial charge in [0.25, 0.3) is 5.91 Å². The van der Waals surface area contributed by atoms with E-state index in [0.717, 1.165) is 6.54 Å². The van der Waals surface area contributed by atoms with E-state index in [1.807, 2.05) is 6.92 Å². The normalized spacial score (nSPS) is 10.0. The van der Waals surface area contributed by atoms with Crippen molar-refractivity contribution in [3.8, 4) is 0 Å². The molecule has 2 aromatic rings. The lowest BCUT2D eigenvalue weighted by molar-refractivity contribution is 0.102. The Kier molecular flexibility index (Phi) is 4.07. The highest BCUT2D eigenvalue weighted by Crippen LogP contribution is 2.11. The van der Waals surface area contributed by atoms with Gasteiger partial charge in [-0.05, 0) is 37.3 Å². The van der Waals surface area contributed by atoms with Crippen LogP contribution in [-0.2, 0) is 0 Å². The van der Waals surface area contributed by atoms with E-state index in [4.69, 9.17) is 0 Å². The van der Waals surface area contributed by atoms with Gasteiger partial charge in [0.05, 0.1) is 0 Å². The summed E-state index contributed by atoms with van der Waals surface area (Å²) >= 11 is 0. The summed E-state index contributed by atoms with van der Waals surface area (Å²) in [7, 11) is 0. The highest BCUT2D eigenvalue weighted by atomic mass is 19.1. The van der Waals surface area contributed by atoms with Crippen LogP contribution < -0.4 is 10.6 Å². The summed E-state index contributed by atoms with van der Waals surface area (Å²) in [6.45, 7) is 2.67. The third kappa shape index (κ3) is 3.51. The number of hydrogen-bond donors (Lipinski definition) is 2. The predicted octanol–water partition coefficient (Wildman–Crippen LogP) is 2.90. The Bertz CT molecular complexity index is 586. The Labute approximate surface area is 110 Å². The van der Waals surface area contributed by atoms with Crippen molar-refractivity contribution in [3.05, 3.63) is 54.0 Å². The molecule has 0 aliphatic carbocycles. The lowest BCUT2D eigenvalue weighted by Crippen LogP contribution is -2.14. The average Bonchev–Trinajstić information content (AvgIpc) is 2.39. The van der Waals surface area contributed by atoms with Gasteiger partial charge in [-0.3, -0.25) is 4.79 Å². The Morgan fingerprint density at radius 3 is 2.79 bits per heavy atom. The molecule has 1 aromatic heterocycles. The Hall–Kier alpha value is -2.43. The second-order valence-electron chi connectivity index (χ2n) is 3.90. The number of benzene rings is 1. The van der Waals surface area contributed by atoms with Crippen LogP contribution >= 0.6 is 0 Å². The van der Waals surface area contributed by atoms with Gasteiger partial charge in [0.15, 0.2) is 0 Å². The average molecular weight is 259 g/mol. The first kappa shape index (κ1) is 13.0. The highest BCUT2D eigenvalue weighted by Gasteiger charge is 2.08. The van der Waals surface area contributed by atoms with E-state index in [0.29, 0.717) is 11.5 Å². The first-order chi connectivity index (χ1) is 9.19. The molecule has 1 heterocycles. The standard InChI is InChI=1S/C14H14FN3O/c1-2-16-13-8-4-7-12(18-13)14(19)17-11-6-3-5-10(15)9-11/h3-9H,2H2,1H3,(H,16,18)(H,17,19). The van der Waals surface area contributed by atoms with Gasteiger partial charge in [0, 0.05) is 12.2 Å². The number of halogens is 1. The van der Waals surface area contributed by atoms with E-state index in [1.54, 1.807) is 24.3 Å². The molecule has 4 nitrogen and oxygen atoms in total. The van der Waals surface area contributed by atoms with Crippen LogP contribution in [0.5, 0.6) is 0 Å². The van der Waals surface area contributed by atoms with Gasteiger partial charge < -0.3 is 10.6 Å². The number of pyridine rings is 1. The number of anilines is 2. The molecule has 0 spiro atoms. The predicted molar refractivity (Wildman–Crippen MR) is 72.8 cm³/mol.